The van der Waals surface area contributed by atoms with Crippen LogP contribution in [0.5, 0.6) is 0 Å². The maximum absolute atomic E-state index is 5.91. The van der Waals surface area contributed by atoms with Crippen LogP contribution in [0.25, 0.3) is 0 Å². The van der Waals surface area contributed by atoms with Crippen LogP contribution < -0.4 is 11.1 Å². The predicted molar refractivity (Wildman–Crippen MR) is 100 cm³/mol. The van der Waals surface area contributed by atoms with Gasteiger partial charge in [-0.05, 0) is 37.8 Å². The molecule has 1 aliphatic carbocycles. The summed E-state index contributed by atoms with van der Waals surface area (Å²) in [6, 6.07) is 13.6. The maximum atomic E-state index is 5.91. The lowest BCUT2D eigenvalue weighted by Crippen LogP contribution is -2.41. The average Bonchev–Trinajstić information content (AvgIpc) is 2.60. The molecule has 1 aromatic heterocycles. The van der Waals surface area contributed by atoms with Crippen LogP contribution in [-0.2, 0) is 6.54 Å². The second-order valence-corrected chi connectivity index (χ2v) is 7.46. The van der Waals surface area contributed by atoms with Crippen molar-refractivity contribution < 1.29 is 0 Å². The minimum Gasteiger partial charge on any atom is -0.366 e. The fraction of sp³-hybridized carbons (Fsp3) is 0.500. The number of benzene rings is 1. The van der Waals surface area contributed by atoms with E-state index in [2.05, 4.69) is 56.6 Å². The first-order chi connectivity index (χ1) is 12.3. The van der Waals surface area contributed by atoms with E-state index in [0.717, 1.165) is 37.4 Å². The summed E-state index contributed by atoms with van der Waals surface area (Å²) in [5.74, 6) is 1.47. The molecular weight excluding hydrogens is 310 g/mol. The molecule has 1 aromatic carbocycles. The van der Waals surface area contributed by atoms with Gasteiger partial charge in [-0.1, -0.05) is 30.3 Å². The summed E-state index contributed by atoms with van der Waals surface area (Å²) in [5, 5.41) is 3.63. The first-order valence-corrected chi connectivity index (χ1v) is 9.36. The van der Waals surface area contributed by atoms with Crippen LogP contribution in [0, 0.1) is 0 Å². The number of aromatic nitrogens is 2. The predicted octanol–water partition coefficient (Wildman–Crippen LogP) is 2.76. The molecule has 0 radical (unpaired) electrons. The molecule has 3 N–H and O–H groups in total. The first kappa shape index (κ1) is 16.5. The van der Waals surface area contributed by atoms with Crippen molar-refractivity contribution in [1.29, 1.82) is 0 Å². The largest absolute Gasteiger partial charge is 0.366 e. The monoisotopic (exact) mass is 337 g/mol. The van der Waals surface area contributed by atoms with E-state index in [1.54, 1.807) is 6.33 Å². The van der Waals surface area contributed by atoms with Gasteiger partial charge in [0.05, 0.1) is 0 Å². The third-order valence-corrected chi connectivity index (χ3v) is 5.39. The third-order valence-electron chi connectivity index (χ3n) is 5.39. The summed E-state index contributed by atoms with van der Waals surface area (Å²) in [5.41, 5.74) is 8.43. The van der Waals surface area contributed by atoms with Crippen LogP contribution in [0.4, 0.5) is 5.82 Å². The van der Waals surface area contributed by atoms with Crippen LogP contribution in [-0.4, -0.2) is 40.0 Å². The number of anilines is 1. The lowest BCUT2D eigenvalue weighted by Gasteiger charge is -2.34. The van der Waals surface area contributed by atoms with Gasteiger partial charge in [0.2, 0.25) is 0 Å². The molecule has 0 bridgehead atoms. The number of nitrogens with one attached hydrogen (secondary N) is 1. The van der Waals surface area contributed by atoms with E-state index in [9.17, 15) is 0 Å². The number of nitrogens with zero attached hydrogens (tertiary/aromatic N) is 3. The lowest BCUT2D eigenvalue weighted by atomic mass is 9.78. The molecule has 25 heavy (non-hydrogen) atoms. The Morgan fingerprint density at radius 1 is 1.16 bits per heavy atom. The number of nitrogens with two attached hydrogens (primary N) is 1. The summed E-state index contributed by atoms with van der Waals surface area (Å²) in [7, 11) is 0. The van der Waals surface area contributed by atoms with Gasteiger partial charge >= 0.3 is 0 Å². The van der Waals surface area contributed by atoms with Crippen LogP contribution >= 0.6 is 0 Å². The van der Waals surface area contributed by atoms with Gasteiger partial charge in [-0.15, -0.1) is 0 Å². The summed E-state index contributed by atoms with van der Waals surface area (Å²) in [4.78, 5) is 11.4. The Bertz CT molecular complexity index is 683. The van der Waals surface area contributed by atoms with Crippen molar-refractivity contribution in [2.24, 2.45) is 5.73 Å². The summed E-state index contributed by atoms with van der Waals surface area (Å²) >= 11 is 0. The van der Waals surface area contributed by atoms with E-state index >= 15 is 0 Å². The zero-order valence-electron chi connectivity index (χ0n) is 14.6. The van der Waals surface area contributed by atoms with Crippen molar-refractivity contribution in [3.05, 3.63) is 54.0 Å². The SMILES string of the molecule is NC1CC(c2cc(N[C@H]3CCCN(Cc4ccccc4)C3)ncn2)C1. The van der Waals surface area contributed by atoms with Gasteiger partial charge in [0.1, 0.15) is 12.1 Å². The molecule has 1 aliphatic heterocycles. The van der Waals surface area contributed by atoms with E-state index in [1.807, 2.05) is 0 Å². The van der Waals surface area contributed by atoms with Gasteiger partial charge in [-0.2, -0.15) is 0 Å². The van der Waals surface area contributed by atoms with E-state index < -0.39 is 0 Å². The van der Waals surface area contributed by atoms with Crippen molar-refractivity contribution >= 4 is 5.82 Å². The van der Waals surface area contributed by atoms with Crippen molar-refractivity contribution in [1.82, 2.24) is 14.9 Å². The third kappa shape index (κ3) is 4.17. The minimum absolute atomic E-state index is 0.348. The smallest absolute Gasteiger partial charge is 0.129 e. The molecule has 132 valence electrons. The van der Waals surface area contributed by atoms with Crippen LogP contribution in [0.3, 0.4) is 0 Å². The molecule has 2 aliphatic rings. The number of piperidine rings is 1. The quantitative estimate of drug-likeness (QED) is 0.878. The number of likely N-dealkylation sites (tertiary alicyclic amines) is 1. The average molecular weight is 337 g/mol. The van der Waals surface area contributed by atoms with Crippen LogP contribution in [0.2, 0.25) is 0 Å². The minimum atomic E-state index is 0.348. The Morgan fingerprint density at radius 3 is 2.80 bits per heavy atom. The van der Waals surface area contributed by atoms with Crippen molar-refractivity contribution in [3.63, 3.8) is 0 Å². The standard InChI is InChI=1S/C20H27N5/c21-17-9-16(10-17)19-11-20(23-14-22-19)24-18-7-4-8-25(13-18)12-15-5-2-1-3-6-15/h1-3,5-6,11,14,16-18H,4,7-10,12-13,21H2,(H,22,23,24)/t16?,17?,18-/m0/s1. The highest BCUT2D eigenvalue weighted by Crippen LogP contribution is 2.35. The topological polar surface area (TPSA) is 67.1 Å². The highest BCUT2D eigenvalue weighted by molar-refractivity contribution is 5.38. The van der Waals surface area contributed by atoms with E-state index in [1.165, 1.54) is 24.9 Å². The normalized spacial score (nSPS) is 26.8. The van der Waals surface area contributed by atoms with Gasteiger partial charge in [0, 0.05) is 42.9 Å². The second kappa shape index (κ2) is 7.50. The molecule has 0 unspecified atom stereocenters. The fourth-order valence-electron chi connectivity index (χ4n) is 3.95. The Balaban J connectivity index is 1.35. The van der Waals surface area contributed by atoms with E-state index in [4.69, 9.17) is 5.73 Å². The Hall–Kier alpha value is -1.98. The molecule has 1 saturated heterocycles. The summed E-state index contributed by atoms with van der Waals surface area (Å²) < 4.78 is 0. The molecule has 0 spiro atoms. The zero-order valence-corrected chi connectivity index (χ0v) is 14.6. The Labute approximate surface area is 149 Å². The van der Waals surface area contributed by atoms with Crippen LogP contribution in [0.1, 0.15) is 42.9 Å². The fourth-order valence-corrected chi connectivity index (χ4v) is 3.95. The summed E-state index contributed by atoms with van der Waals surface area (Å²) in [6.07, 6.45) is 6.19. The molecule has 0 amide bonds. The molecule has 2 heterocycles. The van der Waals surface area contributed by atoms with Crippen molar-refractivity contribution in [2.45, 2.75) is 50.2 Å². The lowest BCUT2D eigenvalue weighted by molar-refractivity contribution is 0.208. The molecule has 2 aromatic rings. The Kier molecular flexibility index (Phi) is 4.95. The van der Waals surface area contributed by atoms with Gasteiger partial charge < -0.3 is 11.1 Å². The second-order valence-electron chi connectivity index (χ2n) is 7.46. The molecule has 2 fully saturated rings. The first-order valence-electron chi connectivity index (χ1n) is 9.36. The van der Waals surface area contributed by atoms with Gasteiger partial charge in [0.15, 0.2) is 0 Å². The zero-order chi connectivity index (χ0) is 17.1. The van der Waals surface area contributed by atoms with Crippen molar-refractivity contribution in [2.75, 3.05) is 18.4 Å². The Morgan fingerprint density at radius 2 is 2.00 bits per heavy atom. The molecular formula is C20H27N5. The highest BCUT2D eigenvalue weighted by atomic mass is 15.2. The molecule has 1 atom stereocenters. The summed E-state index contributed by atoms with van der Waals surface area (Å²) in [6.45, 7) is 3.25. The van der Waals surface area contributed by atoms with E-state index in [-0.39, 0.29) is 0 Å². The van der Waals surface area contributed by atoms with Gasteiger partial charge in [0.25, 0.3) is 0 Å². The molecule has 1 saturated carbocycles. The number of hydrogen-bond donors (Lipinski definition) is 2. The maximum Gasteiger partial charge on any atom is 0.129 e. The van der Waals surface area contributed by atoms with Crippen LogP contribution in [0.15, 0.2) is 42.7 Å². The van der Waals surface area contributed by atoms with Crippen molar-refractivity contribution in [3.8, 4) is 0 Å². The van der Waals surface area contributed by atoms with Gasteiger partial charge in [-0.25, -0.2) is 9.97 Å². The molecule has 5 heteroatoms. The number of rotatable bonds is 5. The molecule has 5 nitrogen and oxygen atoms in total. The number of hydrogen-bond acceptors (Lipinski definition) is 5. The highest BCUT2D eigenvalue weighted by Gasteiger charge is 2.29. The molecule has 4 rings (SSSR count). The van der Waals surface area contributed by atoms with E-state index in [0.29, 0.717) is 18.0 Å². The van der Waals surface area contributed by atoms with Gasteiger partial charge in [-0.3, -0.25) is 4.90 Å².